The second-order valence-electron chi connectivity index (χ2n) is 34.9. The maximum Gasteiger partial charge on any atom is 0.332 e. The van der Waals surface area contributed by atoms with E-state index in [9.17, 15) is 28.6 Å². The molecule has 21 nitrogen and oxygen atoms in total. The van der Waals surface area contributed by atoms with Crippen molar-refractivity contribution in [2.75, 3.05) is 87.0 Å². The number of carbonyl (C=O) groups excluding carboxylic acids is 1. The van der Waals surface area contributed by atoms with E-state index in [1.54, 1.807) is 58.0 Å². The van der Waals surface area contributed by atoms with Crippen LogP contribution in [0.25, 0.3) is 0 Å². The third-order valence-electron chi connectivity index (χ3n) is 24.0. The minimum absolute atomic E-state index is 0.0163. The molecular formula is C111H110Cl2F3N13O8. The molecule has 0 amide bonds. The monoisotopic (exact) mass is 1880 g/mol. The maximum atomic E-state index is 15.4. The van der Waals surface area contributed by atoms with Crippen LogP contribution in [0.5, 0.6) is 0 Å². The Hall–Kier alpha value is -13.9. The number of aliphatic carboxylic acids is 1. The lowest BCUT2D eigenvalue weighted by molar-refractivity contribution is -0.161. The van der Waals surface area contributed by atoms with Crippen LogP contribution < -0.4 is 14.7 Å². The summed E-state index contributed by atoms with van der Waals surface area (Å²) in [5.74, 6) is 0.557. The van der Waals surface area contributed by atoms with Gasteiger partial charge in [-0.15, -0.1) is 0 Å². The van der Waals surface area contributed by atoms with E-state index >= 15 is 4.39 Å². The van der Waals surface area contributed by atoms with Crippen molar-refractivity contribution in [2.24, 2.45) is 0 Å². The van der Waals surface area contributed by atoms with Gasteiger partial charge in [0, 0.05) is 103 Å². The van der Waals surface area contributed by atoms with Crippen molar-refractivity contribution in [3.05, 3.63) is 460 Å². The number of carbonyl (C=O) groups is 2. The van der Waals surface area contributed by atoms with Crippen LogP contribution in [0.2, 0.25) is 10.3 Å². The molecule has 702 valence electrons. The van der Waals surface area contributed by atoms with Crippen LogP contribution in [-0.2, 0) is 29.4 Å². The standard InChI is InChI=1S/C29H34FN3O3.C25H26FN3O3.C23H24FN3O.C17H13ClN2O.C17H13ClN2/c1-28(2,3)36-26(34)20-35-21-29(30)14-16-33(17-15-29)25-19-31-18-24(32-25)27(22-10-6-4-7-11-22)23-12-8-5-9-13-23;26-25(18-32-17-23(30)31)11-13-29(14-12-25)22-16-27-15-21(28-22)24(19-7-3-1-4-8-19)20-9-5-2-6-10-20;24-23(17-28)11-13-27(14-12-23)21-16-25-15-20(26-21)22(18-7-3-1-4-8-18)19-9-5-2-6-10-19;18-16-12-19-11-15(20-16)17(21,13-7-3-1-4-8-13)14-9-5-2-6-10-14;18-16-12-19-11-15(20-16)17(13-7-3-1-4-8-13)14-9-5-2-6-10-14/h4-13,18-19,27H,14-17,20-21H2,1-3H3;1-10,15-16,24H,11-14,17-18H2,(H,30,31);1-10,15-16,22,28H,11-14,17H2;1-12,21H;1-12,17H. The average molecular weight is 1880 g/mol. The number of hydrogen-bond acceptors (Lipinski definition) is 20. The molecule has 0 radical (unpaired) electrons. The second-order valence-corrected chi connectivity index (χ2v) is 35.7. The summed E-state index contributed by atoms with van der Waals surface area (Å²) in [4.78, 5) is 73.6. The van der Waals surface area contributed by atoms with Crippen molar-refractivity contribution in [3.8, 4) is 0 Å². The normalized spacial score (nSPS) is 14.4. The molecule has 0 unspecified atom stereocenters. The number of carboxylic acid groups (broad SMARTS) is 1. The molecule has 5 aromatic heterocycles. The van der Waals surface area contributed by atoms with Gasteiger partial charge in [0.1, 0.15) is 69.3 Å². The lowest BCUT2D eigenvalue weighted by atomic mass is 9.84. The lowest BCUT2D eigenvalue weighted by Crippen LogP contribution is -2.45. The first-order chi connectivity index (χ1) is 66.5. The highest BCUT2D eigenvalue weighted by Crippen LogP contribution is 2.41. The number of nitrogens with zero attached hydrogens (tertiary/aromatic N) is 13. The number of anilines is 3. The van der Waals surface area contributed by atoms with Gasteiger partial charge < -0.3 is 44.2 Å². The van der Waals surface area contributed by atoms with Crippen LogP contribution in [0.3, 0.4) is 0 Å². The van der Waals surface area contributed by atoms with Crippen molar-refractivity contribution in [2.45, 2.75) is 111 Å². The predicted octanol–water partition coefficient (Wildman–Crippen LogP) is 21.1. The zero-order valence-electron chi connectivity index (χ0n) is 76.6. The number of aromatic nitrogens is 10. The Morgan fingerprint density at radius 3 is 0.861 bits per heavy atom. The first kappa shape index (κ1) is 99.1. The molecule has 8 heterocycles. The molecule has 18 rings (SSSR count). The van der Waals surface area contributed by atoms with E-state index in [0.29, 0.717) is 79.9 Å². The van der Waals surface area contributed by atoms with Crippen molar-refractivity contribution >= 4 is 52.6 Å². The molecule has 15 aromatic rings. The summed E-state index contributed by atoms with van der Waals surface area (Å²) in [6.07, 6.45) is 18.6. The SMILES string of the molecule is CC(C)(C)OC(=O)COCC1(F)CCN(c2cncc(C(c3ccccc3)c3ccccc3)n2)CC1.Clc1cncc(C(c2ccccc2)c2ccccc2)n1.O=C(O)COCC1(F)CCN(c2cncc(C(c3ccccc3)c3ccccc3)n2)CC1.OC(c1ccccc1)(c1ccccc1)c1cncc(Cl)n1.OCC1(F)CCN(c2cncc(C(c3ccccc3)c3ccccc3)n2)CC1. The molecule has 3 aliphatic rings. The Kier molecular flexibility index (Phi) is 34.8. The topological polar surface area (TPSA) is 261 Å². The highest BCUT2D eigenvalue weighted by molar-refractivity contribution is 6.29. The quantitative estimate of drug-likeness (QED) is 0.0404. The number of piperidine rings is 3. The first-order valence-electron chi connectivity index (χ1n) is 45.7. The van der Waals surface area contributed by atoms with Crippen LogP contribution in [0.4, 0.5) is 30.6 Å². The molecule has 0 atom stereocenters. The van der Waals surface area contributed by atoms with Gasteiger partial charge in [0.2, 0.25) is 0 Å². The van der Waals surface area contributed by atoms with Crippen LogP contribution >= 0.6 is 23.2 Å². The van der Waals surface area contributed by atoms with E-state index in [0.717, 1.165) is 67.8 Å². The van der Waals surface area contributed by atoms with E-state index in [4.69, 9.17) is 57.5 Å². The summed E-state index contributed by atoms with van der Waals surface area (Å²) >= 11 is 11.9. The summed E-state index contributed by atoms with van der Waals surface area (Å²) in [7, 11) is 0. The summed E-state index contributed by atoms with van der Waals surface area (Å²) < 4.78 is 60.3. The van der Waals surface area contributed by atoms with Crippen LogP contribution in [0, 0.1) is 0 Å². The van der Waals surface area contributed by atoms with Gasteiger partial charge in [-0.1, -0.05) is 327 Å². The van der Waals surface area contributed by atoms with Crippen LogP contribution in [0.1, 0.15) is 167 Å². The summed E-state index contributed by atoms with van der Waals surface area (Å²) in [5.41, 5.74) is 7.97. The molecule has 3 N–H and O–H groups in total. The first-order valence-corrected chi connectivity index (χ1v) is 46.4. The minimum Gasteiger partial charge on any atom is -0.480 e. The molecule has 3 fully saturated rings. The van der Waals surface area contributed by atoms with Crippen molar-refractivity contribution in [3.63, 3.8) is 0 Å². The second kappa shape index (κ2) is 48.1. The number of halogens is 5. The molecule has 3 aliphatic heterocycles. The summed E-state index contributed by atoms with van der Waals surface area (Å²) in [6, 6.07) is 101. The Labute approximate surface area is 807 Å². The zero-order valence-corrected chi connectivity index (χ0v) is 78.1. The van der Waals surface area contributed by atoms with E-state index in [-0.39, 0.29) is 74.3 Å². The van der Waals surface area contributed by atoms with Gasteiger partial charge >= 0.3 is 11.9 Å². The van der Waals surface area contributed by atoms with E-state index < -0.39 is 53.4 Å². The van der Waals surface area contributed by atoms with Gasteiger partial charge in [-0.05, 0) is 76.4 Å². The molecule has 0 aliphatic carbocycles. The Balaban J connectivity index is 0.000000139. The minimum atomic E-state index is -1.52. The van der Waals surface area contributed by atoms with Gasteiger partial charge in [-0.3, -0.25) is 24.9 Å². The predicted molar refractivity (Wildman–Crippen MR) is 529 cm³/mol. The molecule has 26 heteroatoms. The molecule has 10 aromatic carbocycles. The summed E-state index contributed by atoms with van der Waals surface area (Å²) in [6.45, 7) is 6.84. The smallest absolute Gasteiger partial charge is 0.332 e. The number of ether oxygens (including phenoxy) is 3. The highest BCUT2D eigenvalue weighted by Gasteiger charge is 2.40. The molecule has 137 heavy (non-hydrogen) atoms. The number of aliphatic hydroxyl groups excluding tert-OH is 1. The van der Waals surface area contributed by atoms with Crippen molar-refractivity contribution in [1.29, 1.82) is 0 Å². The van der Waals surface area contributed by atoms with Crippen molar-refractivity contribution < 1.29 is 52.3 Å². The molecular weight excluding hydrogens is 1770 g/mol. The van der Waals surface area contributed by atoms with E-state index in [1.165, 1.54) is 23.5 Å². The highest BCUT2D eigenvalue weighted by atomic mass is 35.5. The van der Waals surface area contributed by atoms with E-state index in [2.05, 4.69) is 142 Å². The molecule has 0 spiro atoms. The number of carboxylic acids is 1. The van der Waals surface area contributed by atoms with Gasteiger partial charge in [-0.2, -0.15) is 0 Å². The van der Waals surface area contributed by atoms with Gasteiger partial charge in [0.15, 0.2) is 5.60 Å². The Bertz CT molecular complexity index is 6020. The number of aliphatic hydroxyl groups is 2. The molecule has 0 bridgehead atoms. The van der Waals surface area contributed by atoms with Crippen LogP contribution in [0.15, 0.2) is 365 Å². The van der Waals surface area contributed by atoms with Crippen molar-refractivity contribution in [1.82, 2.24) is 49.8 Å². The fraction of sp³-hybridized carbons (Fsp3) is 0.261. The Morgan fingerprint density at radius 1 is 0.350 bits per heavy atom. The third kappa shape index (κ3) is 27.7. The fourth-order valence-corrected chi connectivity index (χ4v) is 17.3. The number of esters is 1. The number of hydrogen-bond donors (Lipinski definition) is 3. The maximum absolute atomic E-state index is 15.4. The van der Waals surface area contributed by atoms with Gasteiger partial charge in [0.25, 0.3) is 0 Å². The fourth-order valence-electron chi connectivity index (χ4n) is 17.0. The number of benzene rings is 10. The van der Waals surface area contributed by atoms with E-state index in [1.807, 2.05) is 224 Å². The van der Waals surface area contributed by atoms with Gasteiger partial charge in [0.05, 0.1) is 103 Å². The number of rotatable bonds is 27. The zero-order chi connectivity index (χ0) is 95.9. The summed E-state index contributed by atoms with van der Waals surface area (Å²) in [5, 5.41) is 30.0. The third-order valence-corrected chi connectivity index (χ3v) is 24.3. The largest absolute Gasteiger partial charge is 0.480 e. The van der Waals surface area contributed by atoms with Gasteiger partial charge in [-0.25, -0.2) is 47.7 Å². The lowest BCUT2D eigenvalue weighted by Gasteiger charge is -2.36. The average Bonchev–Trinajstić information content (AvgIpc) is 0.764. The van der Waals surface area contributed by atoms with Crippen LogP contribution in [-0.4, -0.2) is 172 Å². The Morgan fingerprint density at radius 2 is 0.599 bits per heavy atom. The molecule has 3 saturated heterocycles. The number of alkyl halides is 3. The molecule has 0 saturated carbocycles.